The van der Waals surface area contributed by atoms with E-state index in [9.17, 15) is 0 Å². The van der Waals surface area contributed by atoms with Gasteiger partial charge in [-0.25, -0.2) is 9.97 Å². The maximum absolute atomic E-state index is 8.60. The van der Waals surface area contributed by atoms with Gasteiger partial charge < -0.3 is 10.4 Å². The highest BCUT2D eigenvalue weighted by atomic mass is 35.5. The molecule has 4 nitrogen and oxygen atoms in total. The zero-order valence-electron chi connectivity index (χ0n) is 9.24. The van der Waals surface area contributed by atoms with E-state index in [4.69, 9.17) is 16.7 Å². The minimum Gasteiger partial charge on any atom is -0.396 e. The summed E-state index contributed by atoms with van der Waals surface area (Å²) in [6.07, 6.45) is 0.850. The fraction of sp³-hybridized carbons (Fsp3) is 0.600. The van der Waals surface area contributed by atoms with Crippen molar-refractivity contribution < 1.29 is 5.11 Å². The molecule has 0 aromatic carbocycles. The first kappa shape index (κ1) is 13.5. The average Bonchev–Trinajstić information content (AvgIpc) is 2.22. The fourth-order valence-corrected chi connectivity index (χ4v) is 2.15. The lowest BCUT2D eigenvalue weighted by Gasteiger charge is -2.06. The second-order valence-electron chi connectivity index (χ2n) is 3.24. The summed E-state index contributed by atoms with van der Waals surface area (Å²) < 4.78 is 0. The van der Waals surface area contributed by atoms with Gasteiger partial charge in [-0.15, -0.1) is 0 Å². The van der Waals surface area contributed by atoms with E-state index in [1.54, 1.807) is 17.8 Å². The predicted octanol–water partition coefficient (Wildman–Crippen LogP) is 1.97. The van der Waals surface area contributed by atoms with Crippen LogP contribution in [0.15, 0.2) is 6.07 Å². The van der Waals surface area contributed by atoms with E-state index in [1.165, 1.54) is 0 Å². The molecule has 1 aromatic rings. The molecule has 0 aliphatic rings. The number of anilines is 1. The Labute approximate surface area is 105 Å². The number of halogens is 1. The van der Waals surface area contributed by atoms with Crippen LogP contribution in [0.4, 0.5) is 5.82 Å². The van der Waals surface area contributed by atoms with Gasteiger partial charge in [-0.2, -0.15) is 11.8 Å². The van der Waals surface area contributed by atoms with Crippen molar-refractivity contribution in [2.24, 2.45) is 0 Å². The zero-order chi connectivity index (χ0) is 11.8. The molecular formula is C10H16ClN3OS. The summed E-state index contributed by atoms with van der Waals surface area (Å²) in [5.41, 5.74) is 0. The molecule has 0 saturated carbocycles. The van der Waals surface area contributed by atoms with Crippen molar-refractivity contribution in [3.05, 3.63) is 17.0 Å². The average molecular weight is 262 g/mol. The van der Waals surface area contributed by atoms with Crippen LogP contribution in [0.2, 0.25) is 5.15 Å². The molecule has 0 aliphatic carbocycles. The monoisotopic (exact) mass is 261 g/mol. The Morgan fingerprint density at radius 2 is 2.25 bits per heavy atom. The predicted molar refractivity (Wildman–Crippen MR) is 69.3 cm³/mol. The molecular weight excluding hydrogens is 246 g/mol. The van der Waals surface area contributed by atoms with Crippen LogP contribution in [-0.4, -0.2) is 39.7 Å². The Kier molecular flexibility index (Phi) is 6.52. The molecule has 1 heterocycles. The number of nitrogens with zero attached hydrogens (tertiary/aromatic N) is 2. The van der Waals surface area contributed by atoms with Gasteiger partial charge in [0, 0.05) is 25.0 Å². The lowest BCUT2D eigenvalue weighted by molar-refractivity contribution is 0.296. The number of aliphatic hydroxyl groups is 1. The van der Waals surface area contributed by atoms with Crippen LogP contribution in [0, 0.1) is 6.92 Å². The van der Waals surface area contributed by atoms with Crippen molar-refractivity contribution >= 4 is 29.2 Å². The van der Waals surface area contributed by atoms with Crippen molar-refractivity contribution in [1.29, 1.82) is 0 Å². The number of hydrogen-bond acceptors (Lipinski definition) is 5. The van der Waals surface area contributed by atoms with Gasteiger partial charge in [0.25, 0.3) is 0 Å². The maximum atomic E-state index is 8.60. The third-order valence-corrected chi connectivity index (χ3v) is 3.07. The summed E-state index contributed by atoms with van der Waals surface area (Å²) in [6.45, 7) is 2.91. The van der Waals surface area contributed by atoms with Gasteiger partial charge >= 0.3 is 0 Å². The Bertz CT molecular complexity index is 305. The first-order valence-corrected chi connectivity index (χ1v) is 6.69. The zero-order valence-corrected chi connectivity index (χ0v) is 10.8. The van der Waals surface area contributed by atoms with Gasteiger partial charge in [0.2, 0.25) is 0 Å². The summed E-state index contributed by atoms with van der Waals surface area (Å²) in [7, 11) is 0. The van der Waals surface area contributed by atoms with E-state index in [1.807, 2.05) is 6.92 Å². The molecule has 0 radical (unpaired) electrons. The number of aliphatic hydroxyl groups excluding tert-OH is 1. The molecule has 0 bridgehead atoms. The number of aryl methyl sites for hydroxylation is 1. The second-order valence-corrected chi connectivity index (χ2v) is 4.85. The van der Waals surface area contributed by atoms with E-state index >= 15 is 0 Å². The van der Waals surface area contributed by atoms with Crippen LogP contribution in [0.3, 0.4) is 0 Å². The van der Waals surface area contributed by atoms with Crippen molar-refractivity contribution in [3.63, 3.8) is 0 Å². The lowest BCUT2D eigenvalue weighted by Crippen LogP contribution is -2.07. The molecule has 0 atom stereocenters. The van der Waals surface area contributed by atoms with Crippen molar-refractivity contribution in [2.75, 3.05) is 30.0 Å². The van der Waals surface area contributed by atoms with Gasteiger partial charge in [0.1, 0.15) is 16.8 Å². The Morgan fingerprint density at radius 1 is 1.44 bits per heavy atom. The quantitative estimate of drug-likeness (QED) is 0.581. The molecule has 2 N–H and O–H groups in total. The summed E-state index contributed by atoms with van der Waals surface area (Å²) in [5.74, 6) is 3.41. The molecule has 1 rings (SSSR count). The molecule has 6 heteroatoms. The van der Waals surface area contributed by atoms with Gasteiger partial charge in [-0.3, -0.25) is 0 Å². The van der Waals surface area contributed by atoms with Crippen molar-refractivity contribution in [3.8, 4) is 0 Å². The van der Waals surface area contributed by atoms with Gasteiger partial charge in [-0.1, -0.05) is 11.6 Å². The normalized spacial score (nSPS) is 10.4. The highest BCUT2D eigenvalue weighted by Crippen LogP contribution is 2.11. The summed E-state index contributed by atoms with van der Waals surface area (Å²) >= 11 is 7.61. The van der Waals surface area contributed by atoms with Crippen LogP contribution in [0.25, 0.3) is 0 Å². The van der Waals surface area contributed by atoms with Crippen molar-refractivity contribution in [2.45, 2.75) is 13.3 Å². The number of hydrogen-bond donors (Lipinski definition) is 2. The maximum Gasteiger partial charge on any atom is 0.134 e. The molecule has 0 unspecified atom stereocenters. The summed E-state index contributed by atoms with van der Waals surface area (Å²) in [6, 6.07) is 1.72. The van der Waals surface area contributed by atoms with E-state index in [-0.39, 0.29) is 6.61 Å². The highest BCUT2D eigenvalue weighted by Gasteiger charge is 1.98. The molecule has 0 spiro atoms. The summed E-state index contributed by atoms with van der Waals surface area (Å²) in [5, 5.41) is 12.2. The number of rotatable bonds is 7. The molecule has 0 amide bonds. The van der Waals surface area contributed by atoms with Crippen LogP contribution in [0.1, 0.15) is 12.2 Å². The topological polar surface area (TPSA) is 58.0 Å². The van der Waals surface area contributed by atoms with Gasteiger partial charge in [0.05, 0.1) is 0 Å². The standard InChI is InChI=1S/C10H16ClN3OS/c1-8-13-9(11)7-10(14-8)12-3-6-16-5-2-4-15/h7,15H,2-6H2,1H3,(H,12,13,14). The Morgan fingerprint density at radius 3 is 2.94 bits per heavy atom. The van der Waals surface area contributed by atoms with Crippen LogP contribution >= 0.6 is 23.4 Å². The first-order chi connectivity index (χ1) is 7.72. The Balaban J connectivity index is 2.21. The van der Waals surface area contributed by atoms with E-state index in [0.717, 1.165) is 30.3 Å². The number of thioether (sulfide) groups is 1. The highest BCUT2D eigenvalue weighted by molar-refractivity contribution is 7.99. The van der Waals surface area contributed by atoms with Crippen molar-refractivity contribution in [1.82, 2.24) is 9.97 Å². The number of aromatic nitrogens is 2. The van der Waals surface area contributed by atoms with Gasteiger partial charge in [0.15, 0.2) is 0 Å². The molecule has 1 aromatic heterocycles. The second kappa shape index (κ2) is 7.70. The number of nitrogens with one attached hydrogen (secondary N) is 1. The van der Waals surface area contributed by atoms with Crippen LogP contribution in [0.5, 0.6) is 0 Å². The van der Waals surface area contributed by atoms with Gasteiger partial charge in [-0.05, 0) is 19.1 Å². The van der Waals surface area contributed by atoms with E-state index in [2.05, 4.69) is 15.3 Å². The SMILES string of the molecule is Cc1nc(Cl)cc(NCCSCCCO)n1. The van der Waals surface area contributed by atoms with Crippen LogP contribution in [-0.2, 0) is 0 Å². The minimum absolute atomic E-state index is 0.265. The minimum atomic E-state index is 0.265. The third-order valence-electron chi connectivity index (χ3n) is 1.81. The molecule has 90 valence electrons. The van der Waals surface area contributed by atoms with E-state index in [0.29, 0.717) is 11.0 Å². The summed E-state index contributed by atoms with van der Waals surface area (Å²) in [4.78, 5) is 8.20. The smallest absolute Gasteiger partial charge is 0.134 e. The third kappa shape index (κ3) is 5.53. The Hall–Kier alpha value is -0.520. The van der Waals surface area contributed by atoms with Crippen LogP contribution < -0.4 is 5.32 Å². The van der Waals surface area contributed by atoms with E-state index < -0.39 is 0 Å². The molecule has 0 saturated heterocycles. The molecule has 16 heavy (non-hydrogen) atoms. The first-order valence-electron chi connectivity index (χ1n) is 5.16. The fourth-order valence-electron chi connectivity index (χ4n) is 1.14. The molecule has 0 aliphatic heterocycles. The lowest BCUT2D eigenvalue weighted by atomic mass is 10.5. The largest absolute Gasteiger partial charge is 0.396 e. The molecule has 0 fully saturated rings.